The Kier molecular flexibility index (Phi) is 5.11. The molecule has 0 saturated carbocycles. The molecule has 1 aromatic heterocycles. The van der Waals surface area contributed by atoms with Crippen LogP contribution in [0.2, 0.25) is 5.02 Å². The molecular formula is C18H19ClN4S. The highest BCUT2D eigenvalue weighted by molar-refractivity contribution is 7.98. The van der Waals surface area contributed by atoms with Crippen molar-refractivity contribution in [1.29, 1.82) is 0 Å². The summed E-state index contributed by atoms with van der Waals surface area (Å²) in [5.74, 6) is 1.63. The van der Waals surface area contributed by atoms with E-state index in [1.807, 2.05) is 50.0 Å². The van der Waals surface area contributed by atoms with Gasteiger partial charge in [-0.1, -0.05) is 41.6 Å². The van der Waals surface area contributed by atoms with Gasteiger partial charge in [-0.2, -0.15) is 0 Å². The van der Waals surface area contributed by atoms with Gasteiger partial charge < -0.3 is 9.47 Å². The van der Waals surface area contributed by atoms with Crippen LogP contribution >= 0.6 is 23.4 Å². The van der Waals surface area contributed by atoms with Crippen molar-refractivity contribution in [3.63, 3.8) is 0 Å². The lowest BCUT2D eigenvalue weighted by Gasteiger charge is -2.12. The number of nitrogens with zero attached hydrogens (tertiary/aromatic N) is 4. The molecule has 1 heterocycles. The fraction of sp³-hybridized carbons (Fsp3) is 0.222. The molecule has 2 aromatic carbocycles. The lowest BCUT2D eigenvalue weighted by atomic mass is 10.2. The van der Waals surface area contributed by atoms with E-state index in [1.165, 1.54) is 0 Å². The Bertz CT molecular complexity index is 827. The van der Waals surface area contributed by atoms with Crippen molar-refractivity contribution < 1.29 is 0 Å². The highest BCUT2D eigenvalue weighted by atomic mass is 35.5. The molecule has 0 atom stereocenters. The molecule has 4 nitrogen and oxygen atoms in total. The molecule has 0 aliphatic rings. The molecule has 0 aliphatic carbocycles. The van der Waals surface area contributed by atoms with Crippen LogP contribution in [0.3, 0.4) is 0 Å². The molecule has 0 N–H and O–H groups in total. The lowest BCUT2D eigenvalue weighted by molar-refractivity contribution is 0.794. The molecule has 0 saturated heterocycles. The number of benzene rings is 2. The number of hydrogen-bond acceptors (Lipinski definition) is 4. The highest BCUT2D eigenvalue weighted by Crippen LogP contribution is 2.28. The molecule has 3 aromatic rings. The third kappa shape index (κ3) is 3.57. The maximum Gasteiger partial charge on any atom is 0.191 e. The number of hydrogen-bond donors (Lipinski definition) is 0. The minimum atomic E-state index is 0.769. The predicted molar refractivity (Wildman–Crippen MR) is 102 cm³/mol. The largest absolute Gasteiger partial charge is 0.378 e. The minimum absolute atomic E-state index is 0.769. The second kappa shape index (κ2) is 7.28. The molecule has 0 bridgehead atoms. The molecular weight excluding hydrogens is 340 g/mol. The fourth-order valence-electron chi connectivity index (χ4n) is 2.36. The van der Waals surface area contributed by atoms with Gasteiger partial charge in [0.2, 0.25) is 0 Å². The van der Waals surface area contributed by atoms with E-state index >= 15 is 0 Å². The van der Waals surface area contributed by atoms with Gasteiger partial charge >= 0.3 is 0 Å². The van der Waals surface area contributed by atoms with Crippen LogP contribution in [-0.4, -0.2) is 28.9 Å². The molecule has 0 aliphatic heterocycles. The summed E-state index contributed by atoms with van der Waals surface area (Å²) in [5, 5.41) is 10.3. The van der Waals surface area contributed by atoms with Crippen molar-refractivity contribution in [1.82, 2.24) is 14.8 Å². The Morgan fingerprint density at radius 2 is 1.75 bits per heavy atom. The average Bonchev–Trinajstić information content (AvgIpc) is 2.95. The van der Waals surface area contributed by atoms with Gasteiger partial charge in [0, 0.05) is 43.2 Å². The Hall–Kier alpha value is -1.98. The third-order valence-electron chi connectivity index (χ3n) is 3.79. The van der Waals surface area contributed by atoms with Crippen molar-refractivity contribution in [3.8, 4) is 11.4 Å². The van der Waals surface area contributed by atoms with E-state index in [0.29, 0.717) is 0 Å². The molecule has 0 fully saturated rings. The third-order valence-corrected chi connectivity index (χ3v) is 5.23. The summed E-state index contributed by atoms with van der Waals surface area (Å²) in [6, 6.07) is 16.2. The Balaban J connectivity index is 1.77. The first kappa shape index (κ1) is 16.9. The first-order valence-corrected chi connectivity index (χ1v) is 8.96. The minimum Gasteiger partial charge on any atom is -0.378 e. The van der Waals surface area contributed by atoms with Gasteiger partial charge in [-0.15, -0.1) is 10.2 Å². The standard InChI is InChI=1S/C18H19ClN4S/c1-22(2)15-10-8-13(9-11-15)17-20-21-18(23(17)3)24-12-14-6-4-5-7-16(14)19/h4-11H,12H2,1-3H3. The number of thioether (sulfide) groups is 1. The molecule has 6 heteroatoms. The zero-order chi connectivity index (χ0) is 17.1. The van der Waals surface area contributed by atoms with Gasteiger partial charge in [0.25, 0.3) is 0 Å². The van der Waals surface area contributed by atoms with Gasteiger partial charge in [-0.3, -0.25) is 0 Å². The fourth-order valence-corrected chi connectivity index (χ4v) is 3.56. The molecule has 3 rings (SSSR count). The summed E-state index contributed by atoms with van der Waals surface area (Å²) >= 11 is 7.85. The van der Waals surface area contributed by atoms with Gasteiger partial charge in [0.05, 0.1) is 0 Å². The summed E-state index contributed by atoms with van der Waals surface area (Å²) in [5.41, 5.74) is 3.32. The van der Waals surface area contributed by atoms with Crippen LogP contribution in [0.5, 0.6) is 0 Å². The van der Waals surface area contributed by atoms with Crippen LogP contribution in [0.1, 0.15) is 5.56 Å². The molecule has 0 unspecified atom stereocenters. The molecule has 0 radical (unpaired) electrons. The van der Waals surface area contributed by atoms with Crippen molar-refractivity contribution in [2.24, 2.45) is 7.05 Å². The second-order valence-electron chi connectivity index (χ2n) is 5.69. The van der Waals surface area contributed by atoms with E-state index in [2.05, 4.69) is 39.4 Å². The van der Waals surface area contributed by atoms with E-state index < -0.39 is 0 Å². The van der Waals surface area contributed by atoms with Crippen LogP contribution in [0.15, 0.2) is 53.7 Å². The summed E-state index contributed by atoms with van der Waals surface area (Å²) in [7, 11) is 6.05. The van der Waals surface area contributed by atoms with Crippen molar-refractivity contribution in [2.75, 3.05) is 19.0 Å². The van der Waals surface area contributed by atoms with E-state index in [0.717, 1.165) is 38.6 Å². The van der Waals surface area contributed by atoms with Crippen molar-refractivity contribution in [3.05, 3.63) is 59.1 Å². The molecule has 0 spiro atoms. The van der Waals surface area contributed by atoms with Crippen LogP contribution < -0.4 is 4.90 Å². The summed E-state index contributed by atoms with van der Waals surface area (Å²) in [6.45, 7) is 0. The zero-order valence-electron chi connectivity index (χ0n) is 13.9. The molecule has 124 valence electrons. The Morgan fingerprint density at radius 1 is 1.04 bits per heavy atom. The Labute approximate surface area is 151 Å². The van der Waals surface area contributed by atoms with Crippen molar-refractivity contribution in [2.45, 2.75) is 10.9 Å². The normalized spacial score (nSPS) is 10.8. The van der Waals surface area contributed by atoms with E-state index in [4.69, 9.17) is 11.6 Å². The first-order chi connectivity index (χ1) is 11.6. The van der Waals surface area contributed by atoms with Crippen LogP contribution in [-0.2, 0) is 12.8 Å². The van der Waals surface area contributed by atoms with E-state index in [1.54, 1.807) is 11.8 Å². The van der Waals surface area contributed by atoms with Crippen LogP contribution in [0.4, 0.5) is 5.69 Å². The van der Waals surface area contributed by atoms with Gasteiger partial charge in [0.1, 0.15) is 0 Å². The van der Waals surface area contributed by atoms with Gasteiger partial charge in [-0.05, 0) is 35.9 Å². The average molecular weight is 359 g/mol. The van der Waals surface area contributed by atoms with Crippen LogP contribution in [0.25, 0.3) is 11.4 Å². The summed E-state index contributed by atoms with van der Waals surface area (Å²) in [6.07, 6.45) is 0. The lowest BCUT2D eigenvalue weighted by Crippen LogP contribution is -2.08. The number of aromatic nitrogens is 3. The van der Waals surface area contributed by atoms with Crippen molar-refractivity contribution >= 4 is 29.1 Å². The Morgan fingerprint density at radius 3 is 2.42 bits per heavy atom. The topological polar surface area (TPSA) is 34.0 Å². The van der Waals surface area contributed by atoms with E-state index in [9.17, 15) is 0 Å². The van der Waals surface area contributed by atoms with Gasteiger partial charge in [-0.25, -0.2) is 0 Å². The van der Waals surface area contributed by atoms with Gasteiger partial charge in [0.15, 0.2) is 11.0 Å². The monoisotopic (exact) mass is 358 g/mol. The summed E-state index contributed by atoms with van der Waals surface area (Å²) < 4.78 is 2.02. The molecule has 0 amide bonds. The maximum atomic E-state index is 6.21. The maximum absolute atomic E-state index is 6.21. The zero-order valence-corrected chi connectivity index (χ0v) is 15.5. The molecule has 24 heavy (non-hydrogen) atoms. The smallest absolute Gasteiger partial charge is 0.191 e. The number of halogens is 1. The SMILES string of the molecule is CN(C)c1ccc(-c2nnc(SCc3ccccc3Cl)n2C)cc1. The number of anilines is 1. The van der Waals surface area contributed by atoms with E-state index in [-0.39, 0.29) is 0 Å². The quantitative estimate of drug-likeness (QED) is 0.629. The predicted octanol–water partition coefficient (Wildman–Crippen LogP) is 4.49. The highest BCUT2D eigenvalue weighted by Gasteiger charge is 2.12. The number of rotatable bonds is 5. The first-order valence-electron chi connectivity index (χ1n) is 7.59. The van der Waals surface area contributed by atoms with Crippen LogP contribution in [0, 0.1) is 0 Å². The second-order valence-corrected chi connectivity index (χ2v) is 7.04. The summed E-state index contributed by atoms with van der Waals surface area (Å²) in [4.78, 5) is 2.07.